The Morgan fingerprint density at radius 2 is 1.92 bits per heavy atom. The summed E-state index contributed by atoms with van der Waals surface area (Å²) in [4.78, 5) is 46.9. The van der Waals surface area contributed by atoms with Gasteiger partial charge in [0.05, 0.1) is 28.9 Å². The van der Waals surface area contributed by atoms with Gasteiger partial charge in [0.25, 0.3) is 11.5 Å². The second kappa shape index (κ2) is 9.97. The van der Waals surface area contributed by atoms with E-state index in [9.17, 15) is 19.5 Å². The number of hydrogen-bond donors (Lipinski definition) is 1. The first-order chi connectivity index (χ1) is 18.1. The van der Waals surface area contributed by atoms with Gasteiger partial charge < -0.3 is 5.11 Å². The zero-order chi connectivity index (χ0) is 27.3. The first kappa shape index (κ1) is 26.1. The molecule has 1 amide bonds. The summed E-state index contributed by atoms with van der Waals surface area (Å²) in [6, 6.07) is 9.79. The number of fused-ring (bicyclic) bond motifs is 1. The molecule has 0 bridgehead atoms. The number of para-hydroxylation sites is 1. The summed E-state index contributed by atoms with van der Waals surface area (Å²) in [6.07, 6.45) is -0.455. The third kappa shape index (κ3) is 4.40. The largest absolute Gasteiger partial charge is 0.389 e. The minimum absolute atomic E-state index is 0.00126. The fourth-order valence-electron chi connectivity index (χ4n) is 4.90. The Kier molecular flexibility index (Phi) is 6.84. The van der Waals surface area contributed by atoms with Crippen LogP contribution < -0.4 is 11.2 Å². The van der Waals surface area contributed by atoms with Crippen molar-refractivity contribution in [2.24, 2.45) is 13.0 Å². The molecule has 38 heavy (non-hydrogen) atoms. The van der Waals surface area contributed by atoms with Gasteiger partial charge in [-0.05, 0) is 31.9 Å². The smallest absolute Gasteiger partial charge is 0.331 e. The number of amides is 1. The number of nitrogens with zero attached hydrogens (tertiary/aromatic N) is 5. The van der Waals surface area contributed by atoms with Crippen LogP contribution in [-0.4, -0.2) is 54.2 Å². The lowest BCUT2D eigenvalue weighted by Gasteiger charge is -2.15. The average molecular weight is 538 g/mol. The molecule has 11 heteroatoms. The second-order valence-electron chi connectivity index (χ2n) is 10.1. The van der Waals surface area contributed by atoms with Crippen LogP contribution in [0.25, 0.3) is 15.9 Å². The molecule has 1 N–H and O–H groups in total. The number of hydrogen-bond acceptors (Lipinski definition) is 7. The molecule has 1 aliphatic heterocycles. The number of hydroxylamine groups is 2. The Bertz CT molecular complexity index is 1650. The van der Waals surface area contributed by atoms with Gasteiger partial charge in [0.2, 0.25) is 0 Å². The van der Waals surface area contributed by atoms with E-state index in [4.69, 9.17) is 9.94 Å². The molecule has 0 spiro atoms. The number of benzene rings is 1. The van der Waals surface area contributed by atoms with E-state index in [1.807, 2.05) is 62.7 Å². The summed E-state index contributed by atoms with van der Waals surface area (Å²) in [5.74, 6) is -0.357. The van der Waals surface area contributed by atoms with Crippen molar-refractivity contribution in [3.05, 3.63) is 78.6 Å². The van der Waals surface area contributed by atoms with Crippen LogP contribution in [0.3, 0.4) is 0 Å². The van der Waals surface area contributed by atoms with Crippen molar-refractivity contribution < 1.29 is 14.7 Å². The molecule has 0 aliphatic carbocycles. The van der Waals surface area contributed by atoms with Crippen LogP contribution in [0.15, 0.2) is 39.9 Å². The number of aliphatic hydroxyl groups is 1. The SMILES string of the molecule is Cc1nn(-c2ccccc2)c(C)c1Cc1sc2c(c1C(=O)N1CC(O)CO1)c(=O)n(C)c(=O)n2CC(C)C. The van der Waals surface area contributed by atoms with Crippen LogP contribution in [0.1, 0.15) is 46.0 Å². The summed E-state index contributed by atoms with van der Waals surface area (Å²) in [5.41, 5.74) is 2.86. The van der Waals surface area contributed by atoms with Crippen molar-refractivity contribution in [2.45, 2.75) is 46.8 Å². The molecule has 1 atom stereocenters. The molecule has 10 nitrogen and oxygen atoms in total. The Morgan fingerprint density at radius 3 is 2.55 bits per heavy atom. The van der Waals surface area contributed by atoms with E-state index in [-0.39, 0.29) is 30.0 Å². The molecule has 4 heterocycles. The van der Waals surface area contributed by atoms with Crippen molar-refractivity contribution in [2.75, 3.05) is 13.2 Å². The van der Waals surface area contributed by atoms with Gasteiger partial charge in [0.15, 0.2) is 0 Å². The highest BCUT2D eigenvalue weighted by Crippen LogP contribution is 2.34. The average Bonchev–Trinajstić information content (AvgIpc) is 3.57. The van der Waals surface area contributed by atoms with Crippen molar-refractivity contribution in [3.8, 4) is 5.69 Å². The fraction of sp³-hybridized carbons (Fsp3) is 0.407. The van der Waals surface area contributed by atoms with Gasteiger partial charge in [0.1, 0.15) is 17.5 Å². The van der Waals surface area contributed by atoms with E-state index in [0.29, 0.717) is 22.7 Å². The van der Waals surface area contributed by atoms with Crippen LogP contribution in [0.2, 0.25) is 0 Å². The van der Waals surface area contributed by atoms with Gasteiger partial charge in [-0.3, -0.25) is 23.6 Å². The summed E-state index contributed by atoms with van der Waals surface area (Å²) in [6.45, 7) is 8.30. The van der Waals surface area contributed by atoms with E-state index in [1.54, 1.807) is 4.57 Å². The first-order valence-electron chi connectivity index (χ1n) is 12.6. The molecular formula is C27H31N5O5S. The monoisotopic (exact) mass is 537 g/mol. The number of carbonyl (C=O) groups excluding carboxylic acids is 1. The molecule has 200 valence electrons. The third-order valence-corrected chi connectivity index (χ3v) is 8.02. The van der Waals surface area contributed by atoms with E-state index < -0.39 is 23.3 Å². The fourth-order valence-corrected chi connectivity index (χ4v) is 6.20. The van der Waals surface area contributed by atoms with Crippen LogP contribution in [0.4, 0.5) is 0 Å². The number of aromatic nitrogens is 4. The molecule has 0 radical (unpaired) electrons. The number of β-amino-alcohol motifs (C(OH)–C–C–N with tert-alkyl or cyclic N) is 1. The van der Waals surface area contributed by atoms with E-state index in [0.717, 1.165) is 32.3 Å². The number of aryl methyl sites for hydroxylation is 1. The standard InChI is InChI=1S/C27H31N5O5S/c1-15(2)12-30-26-23(24(34)29(5)27(30)36)22(25(35)31-13-19(33)14-37-31)21(38-26)11-20-16(3)28-32(17(20)4)18-9-7-6-8-10-18/h6-10,15,19,33H,11-14H2,1-5H3. The Morgan fingerprint density at radius 1 is 1.21 bits per heavy atom. The zero-order valence-electron chi connectivity index (χ0n) is 22.1. The highest BCUT2D eigenvalue weighted by atomic mass is 32.1. The van der Waals surface area contributed by atoms with Crippen molar-refractivity contribution >= 4 is 27.5 Å². The number of thiophene rings is 1. The maximum absolute atomic E-state index is 13.8. The van der Waals surface area contributed by atoms with E-state index in [1.165, 1.54) is 18.4 Å². The number of rotatable bonds is 6. The Balaban J connectivity index is 1.73. The van der Waals surface area contributed by atoms with Crippen molar-refractivity contribution in [1.82, 2.24) is 24.0 Å². The third-order valence-electron chi connectivity index (χ3n) is 6.81. The molecule has 1 aromatic carbocycles. The molecule has 4 aromatic rings. The molecule has 0 saturated carbocycles. The van der Waals surface area contributed by atoms with Gasteiger partial charge >= 0.3 is 5.69 Å². The number of aliphatic hydroxyl groups excluding tert-OH is 1. The maximum Gasteiger partial charge on any atom is 0.331 e. The molecule has 5 rings (SSSR count). The summed E-state index contributed by atoms with van der Waals surface area (Å²) >= 11 is 1.28. The zero-order valence-corrected chi connectivity index (χ0v) is 22.9. The highest BCUT2D eigenvalue weighted by molar-refractivity contribution is 7.19. The van der Waals surface area contributed by atoms with Crippen LogP contribution >= 0.6 is 11.3 Å². The lowest BCUT2D eigenvalue weighted by Crippen LogP contribution is -2.39. The molecule has 1 unspecified atom stereocenters. The summed E-state index contributed by atoms with van der Waals surface area (Å²) in [5, 5.41) is 16.0. The van der Waals surface area contributed by atoms with Gasteiger partial charge in [0, 0.05) is 36.1 Å². The minimum Gasteiger partial charge on any atom is -0.389 e. The molecule has 1 fully saturated rings. The van der Waals surface area contributed by atoms with Crippen molar-refractivity contribution in [3.63, 3.8) is 0 Å². The predicted molar refractivity (Wildman–Crippen MR) is 145 cm³/mol. The number of carbonyl (C=O) groups is 1. The highest BCUT2D eigenvalue weighted by Gasteiger charge is 2.33. The van der Waals surface area contributed by atoms with Crippen LogP contribution in [0, 0.1) is 19.8 Å². The molecule has 1 aliphatic rings. The Hall–Kier alpha value is -3.54. The van der Waals surface area contributed by atoms with E-state index in [2.05, 4.69) is 0 Å². The van der Waals surface area contributed by atoms with Gasteiger partial charge in [-0.25, -0.2) is 14.5 Å². The van der Waals surface area contributed by atoms with Gasteiger partial charge in [-0.2, -0.15) is 5.10 Å². The summed E-state index contributed by atoms with van der Waals surface area (Å²) < 4.78 is 4.51. The molecule has 1 saturated heterocycles. The second-order valence-corrected chi connectivity index (χ2v) is 11.2. The lowest BCUT2D eigenvalue weighted by molar-refractivity contribution is -0.0778. The van der Waals surface area contributed by atoms with Crippen LogP contribution in [0.5, 0.6) is 0 Å². The van der Waals surface area contributed by atoms with Gasteiger partial charge in [-0.1, -0.05) is 32.0 Å². The Labute approximate surface area is 223 Å². The topological polar surface area (TPSA) is 112 Å². The lowest BCUT2D eigenvalue weighted by atomic mass is 10.0. The summed E-state index contributed by atoms with van der Waals surface area (Å²) in [7, 11) is 1.43. The molecule has 3 aromatic heterocycles. The van der Waals surface area contributed by atoms with Gasteiger partial charge in [-0.15, -0.1) is 11.3 Å². The minimum atomic E-state index is -0.803. The first-order valence-corrected chi connectivity index (χ1v) is 13.4. The maximum atomic E-state index is 13.8. The van der Waals surface area contributed by atoms with Crippen LogP contribution in [-0.2, 0) is 24.9 Å². The molecular weight excluding hydrogens is 506 g/mol. The predicted octanol–water partition coefficient (Wildman–Crippen LogP) is 2.56. The normalized spacial score (nSPS) is 15.8. The quantitative estimate of drug-likeness (QED) is 0.405. The van der Waals surface area contributed by atoms with E-state index >= 15 is 0 Å². The van der Waals surface area contributed by atoms with Crippen molar-refractivity contribution in [1.29, 1.82) is 0 Å².